The number of Topliss-reactive ketones (excluding diaryl/α,β-unsaturated/α-hetero) is 1. The molecule has 0 aromatic heterocycles. The normalized spacial score (nSPS) is 13.8. The summed E-state index contributed by atoms with van der Waals surface area (Å²) in [6.45, 7) is -0.101. The van der Waals surface area contributed by atoms with E-state index in [1.54, 1.807) is 18.2 Å². The Kier molecular flexibility index (Phi) is 7.02. The summed E-state index contributed by atoms with van der Waals surface area (Å²) in [5.74, 6) is -0.454. The highest BCUT2D eigenvalue weighted by Crippen LogP contribution is 2.44. The van der Waals surface area contributed by atoms with Crippen molar-refractivity contribution in [3.63, 3.8) is 0 Å². The number of nitrogens with zero attached hydrogens (tertiary/aromatic N) is 1. The predicted octanol–water partition coefficient (Wildman–Crippen LogP) is 3.72. The molecule has 3 aromatic rings. The van der Waals surface area contributed by atoms with Crippen LogP contribution in [0.1, 0.15) is 45.5 Å². The van der Waals surface area contributed by atoms with E-state index in [1.807, 2.05) is 36.4 Å². The molecule has 0 heterocycles. The number of fused-ring (bicyclic) bond motifs is 3. The molecule has 0 saturated heterocycles. The third-order valence-corrected chi connectivity index (χ3v) is 5.95. The third-order valence-electron chi connectivity index (χ3n) is 5.95. The van der Waals surface area contributed by atoms with Gasteiger partial charge in [0.15, 0.2) is 5.78 Å². The van der Waals surface area contributed by atoms with Crippen molar-refractivity contribution in [1.29, 1.82) is 5.26 Å². The number of hydrogen-bond donors (Lipinski definition) is 3. The van der Waals surface area contributed by atoms with Crippen LogP contribution in [0.3, 0.4) is 0 Å². The van der Waals surface area contributed by atoms with Crippen LogP contribution in [0.4, 0.5) is 4.79 Å². The molecule has 1 aliphatic carbocycles. The van der Waals surface area contributed by atoms with Gasteiger partial charge >= 0.3 is 6.09 Å². The number of carbonyl (C=O) groups excluding carboxylic acids is 2. The number of ketones is 1. The van der Waals surface area contributed by atoms with Crippen molar-refractivity contribution in [2.75, 3.05) is 13.2 Å². The van der Waals surface area contributed by atoms with Crippen LogP contribution in [0.5, 0.6) is 0 Å². The number of alkyl carbamates (subject to hydrolysis) is 1. The molecule has 0 radical (unpaired) electrons. The Hall–Kier alpha value is -3.99. The van der Waals surface area contributed by atoms with E-state index >= 15 is 0 Å². The van der Waals surface area contributed by atoms with Gasteiger partial charge in [-0.05, 0) is 33.9 Å². The van der Waals surface area contributed by atoms with Crippen molar-refractivity contribution >= 4 is 11.9 Å². The first-order chi connectivity index (χ1) is 16.5. The van der Waals surface area contributed by atoms with Gasteiger partial charge in [-0.25, -0.2) is 4.79 Å². The van der Waals surface area contributed by atoms with Gasteiger partial charge in [0.05, 0.1) is 12.5 Å². The van der Waals surface area contributed by atoms with Gasteiger partial charge in [0.2, 0.25) is 0 Å². The summed E-state index contributed by atoms with van der Waals surface area (Å²) < 4.78 is 5.43. The summed E-state index contributed by atoms with van der Waals surface area (Å²) >= 11 is 0. The number of hydrogen-bond acceptors (Lipinski definition) is 6. The fourth-order valence-corrected chi connectivity index (χ4v) is 4.24. The number of nitrogens with one attached hydrogen (secondary N) is 1. The Morgan fingerprint density at radius 1 is 0.971 bits per heavy atom. The predicted molar refractivity (Wildman–Crippen MR) is 125 cm³/mol. The molecule has 0 fully saturated rings. The molecular formula is C27H24N2O5. The molecule has 1 aliphatic rings. The Morgan fingerprint density at radius 2 is 1.62 bits per heavy atom. The molecular weight excluding hydrogens is 432 g/mol. The lowest BCUT2D eigenvalue weighted by atomic mass is 9.98. The van der Waals surface area contributed by atoms with Crippen LogP contribution in [0.25, 0.3) is 11.1 Å². The topological polar surface area (TPSA) is 120 Å². The summed E-state index contributed by atoms with van der Waals surface area (Å²) in [4.78, 5) is 24.2. The minimum absolute atomic E-state index is 0.0812. The lowest BCUT2D eigenvalue weighted by molar-refractivity contribution is 0.0185. The lowest BCUT2D eigenvalue weighted by Crippen LogP contribution is -2.36. The SMILES string of the molecule is N#CCC(=O)c1cccc(C(O)C(O)CNC(=O)OCC2c3ccccc3-c3ccccc32)c1. The zero-order chi connectivity index (χ0) is 24.1. The number of rotatable bonds is 8. The van der Waals surface area contributed by atoms with Gasteiger partial charge < -0.3 is 20.3 Å². The van der Waals surface area contributed by atoms with Gasteiger partial charge in [0.1, 0.15) is 18.8 Å². The van der Waals surface area contributed by atoms with Crippen LogP contribution < -0.4 is 5.32 Å². The molecule has 0 saturated carbocycles. The van der Waals surface area contributed by atoms with E-state index in [-0.39, 0.29) is 36.8 Å². The molecule has 0 spiro atoms. The fraction of sp³-hybridized carbons (Fsp3) is 0.222. The third kappa shape index (κ3) is 4.84. The van der Waals surface area contributed by atoms with Crippen LogP contribution in [-0.2, 0) is 4.74 Å². The van der Waals surface area contributed by atoms with Gasteiger partial charge in [-0.1, -0.05) is 66.7 Å². The molecule has 7 heteroatoms. The van der Waals surface area contributed by atoms with Crippen molar-refractivity contribution in [2.45, 2.75) is 24.5 Å². The molecule has 2 unspecified atom stereocenters. The standard InChI is InChI=1S/C27H24N2O5/c28-13-12-24(30)17-6-5-7-18(14-17)26(32)25(31)15-29-27(33)34-16-23-21-10-3-1-8-19(21)20-9-2-4-11-22(20)23/h1-11,14,23,25-26,31-32H,12,15-16H2,(H,29,33). The Morgan fingerprint density at radius 3 is 2.26 bits per heavy atom. The maximum absolute atomic E-state index is 12.3. The monoisotopic (exact) mass is 456 g/mol. The fourth-order valence-electron chi connectivity index (χ4n) is 4.24. The highest BCUT2D eigenvalue weighted by molar-refractivity contribution is 5.97. The van der Waals surface area contributed by atoms with Crippen molar-refractivity contribution in [3.8, 4) is 17.2 Å². The zero-order valence-electron chi connectivity index (χ0n) is 18.3. The largest absolute Gasteiger partial charge is 0.449 e. The molecule has 172 valence electrons. The van der Waals surface area contributed by atoms with Gasteiger partial charge in [0, 0.05) is 18.0 Å². The van der Waals surface area contributed by atoms with Crippen LogP contribution in [0, 0.1) is 11.3 Å². The highest BCUT2D eigenvalue weighted by atomic mass is 16.5. The number of ether oxygens (including phenoxy) is 1. The number of amides is 1. The second-order valence-electron chi connectivity index (χ2n) is 8.10. The molecule has 3 aromatic carbocycles. The van der Waals surface area contributed by atoms with Crippen LogP contribution >= 0.6 is 0 Å². The zero-order valence-corrected chi connectivity index (χ0v) is 18.3. The minimum atomic E-state index is -1.33. The maximum atomic E-state index is 12.3. The summed E-state index contributed by atoms with van der Waals surface area (Å²) in [5, 5.41) is 31.9. The van der Waals surface area contributed by atoms with Gasteiger partial charge in [-0.3, -0.25) is 4.79 Å². The van der Waals surface area contributed by atoms with Crippen molar-refractivity contribution in [2.24, 2.45) is 0 Å². The van der Waals surface area contributed by atoms with Crippen LogP contribution in [-0.4, -0.2) is 41.3 Å². The summed E-state index contributed by atoms with van der Waals surface area (Å²) in [7, 11) is 0. The quantitative estimate of drug-likeness (QED) is 0.445. The van der Waals surface area contributed by atoms with Gasteiger partial charge in [-0.2, -0.15) is 5.26 Å². The maximum Gasteiger partial charge on any atom is 0.407 e. The number of carbonyl (C=O) groups is 2. The molecule has 0 aliphatic heterocycles. The first-order valence-electron chi connectivity index (χ1n) is 10.9. The first kappa shape index (κ1) is 23.2. The lowest BCUT2D eigenvalue weighted by Gasteiger charge is -2.20. The number of aliphatic hydroxyl groups is 2. The van der Waals surface area contributed by atoms with E-state index in [2.05, 4.69) is 17.4 Å². The van der Waals surface area contributed by atoms with E-state index in [0.717, 1.165) is 22.3 Å². The number of benzene rings is 3. The molecule has 34 heavy (non-hydrogen) atoms. The average Bonchev–Trinajstić information content (AvgIpc) is 3.19. The van der Waals surface area contributed by atoms with Crippen molar-refractivity contribution < 1.29 is 24.5 Å². The second kappa shape index (κ2) is 10.3. The Bertz CT molecular complexity index is 1200. The molecule has 1 amide bonds. The van der Waals surface area contributed by atoms with Crippen molar-refractivity contribution in [3.05, 3.63) is 95.1 Å². The number of nitriles is 1. The summed E-state index contributed by atoms with van der Waals surface area (Å²) in [5.41, 5.74) is 5.03. The van der Waals surface area contributed by atoms with Gasteiger partial charge in [-0.15, -0.1) is 0 Å². The summed E-state index contributed by atoms with van der Waals surface area (Å²) in [6.07, 6.45) is -3.62. The molecule has 7 nitrogen and oxygen atoms in total. The Labute approximate surface area is 197 Å². The van der Waals surface area contributed by atoms with E-state index in [0.29, 0.717) is 5.56 Å². The first-order valence-corrected chi connectivity index (χ1v) is 10.9. The van der Waals surface area contributed by atoms with Gasteiger partial charge in [0.25, 0.3) is 0 Å². The van der Waals surface area contributed by atoms with E-state index in [9.17, 15) is 19.8 Å². The van der Waals surface area contributed by atoms with Crippen LogP contribution in [0.2, 0.25) is 0 Å². The Balaban J connectivity index is 1.33. The summed E-state index contributed by atoms with van der Waals surface area (Å²) in [6, 6.07) is 23.9. The highest BCUT2D eigenvalue weighted by Gasteiger charge is 2.29. The van der Waals surface area contributed by atoms with E-state index in [4.69, 9.17) is 10.00 Å². The average molecular weight is 456 g/mol. The van der Waals surface area contributed by atoms with E-state index < -0.39 is 18.3 Å². The van der Waals surface area contributed by atoms with Crippen molar-refractivity contribution in [1.82, 2.24) is 5.32 Å². The van der Waals surface area contributed by atoms with E-state index in [1.165, 1.54) is 12.1 Å². The second-order valence-corrected chi connectivity index (χ2v) is 8.10. The molecule has 4 rings (SSSR count). The number of aliphatic hydroxyl groups excluding tert-OH is 2. The minimum Gasteiger partial charge on any atom is -0.449 e. The van der Waals surface area contributed by atoms with Crippen LogP contribution in [0.15, 0.2) is 72.8 Å². The smallest absolute Gasteiger partial charge is 0.407 e. The molecule has 0 bridgehead atoms. The molecule has 3 N–H and O–H groups in total. The molecule has 2 atom stereocenters.